The summed E-state index contributed by atoms with van der Waals surface area (Å²) in [6, 6.07) is 19.9. The molecule has 0 aliphatic heterocycles. The summed E-state index contributed by atoms with van der Waals surface area (Å²) in [5, 5.41) is 27.2. The summed E-state index contributed by atoms with van der Waals surface area (Å²) in [6.07, 6.45) is 1.07. The van der Waals surface area contributed by atoms with Crippen LogP contribution in [-0.2, 0) is 23.7 Å². The lowest BCUT2D eigenvalue weighted by Crippen LogP contribution is -2.13. The van der Waals surface area contributed by atoms with Gasteiger partial charge in [-0.1, -0.05) is 77.9 Å². The minimum Gasteiger partial charge on any atom is -0.507 e. The summed E-state index contributed by atoms with van der Waals surface area (Å²) >= 11 is 0. The van der Waals surface area contributed by atoms with E-state index in [9.17, 15) is 10.2 Å². The number of aromatic hydroxyl groups is 2. The number of phenols is 2. The number of hydrogen-bond donors (Lipinski definition) is 2. The first-order valence-corrected chi connectivity index (χ1v) is 13.3. The van der Waals surface area contributed by atoms with Crippen molar-refractivity contribution in [3.8, 4) is 11.5 Å². The maximum absolute atomic E-state index is 11.7. The van der Waals surface area contributed by atoms with Gasteiger partial charge in [-0.25, -0.2) is 0 Å². The molecule has 0 aliphatic carbocycles. The Morgan fingerprint density at radius 1 is 0.553 bits per heavy atom. The molecule has 0 unspecified atom stereocenters. The van der Waals surface area contributed by atoms with Gasteiger partial charge in [-0.15, -0.1) is 0 Å². The van der Waals surface area contributed by atoms with Crippen molar-refractivity contribution in [2.45, 2.75) is 65.2 Å². The Bertz CT molecular complexity index is 1710. The molecule has 0 fully saturated rings. The van der Waals surface area contributed by atoms with E-state index >= 15 is 0 Å². The maximum atomic E-state index is 11.7. The van der Waals surface area contributed by atoms with Crippen LogP contribution in [-0.4, -0.2) is 10.2 Å². The molecule has 6 rings (SSSR count). The zero-order valence-electron chi connectivity index (χ0n) is 22.9. The van der Waals surface area contributed by atoms with Gasteiger partial charge in [0, 0.05) is 43.8 Å². The van der Waals surface area contributed by atoms with Gasteiger partial charge in [-0.05, 0) is 47.9 Å². The van der Waals surface area contributed by atoms with Crippen molar-refractivity contribution in [1.29, 1.82) is 0 Å². The lowest BCUT2D eigenvalue weighted by molar-refractivity contribution is 0.436. The third-order valence-corrected chi connectivity index (χ3v) is 7.72. The molecule has 194 valence electrons. The first-order chi connectivity index (χ1) is 17.9. The van der Waals surface area contributed by atoms with Crippen molar-refractivity contribution >= 4 is 43.9 Å². The fraction of sp³-hybridized carbons (Fsp3) is 0.294. The third kappa shape index (κ3) is 3.74. The fourth-order valence-electron chi connectivity index (χ4n) is 5.80. The zero-order chi connectivity index (χ0) is 27.0. The minimum atomic E-state index is -0.270. The van der Waals surface area contributed by atoms with E-state index in [0.29, 0.717) is 24.3 Å². The van der Waals surface area contributed by atoms with Gasteiger partial charge in [0.05, 0.1) is 0 Å². The van der Waals surface area contributed by atoms with Gasteiger partial charge in [0.2, 0.25) is 0 Å². The van der Waals surface area contributed by atoms with E-state index in [0.717, 1.165) is 66.1 Å². The molecule has 0 aliphatic rings. The summed E-state index contributed by atoms with van der Waals surface area (Å²) in [6.45, 7) is 12.6. The fourth-order valence-corrected chi connectivity index (χ4v) is 5.80. The van der Waals surface area contributed by atoms with E-state index < -0.39 is 0 Å². The van der Waals surface area contributed by atoms with Gasteiger partial charge in [-0.3, -0.25) is 0 Å². The highest BCUT2D eigenvalue weighted by Gasteiger charge is 2.28. The first kappa shape index (κ1) is 24.4. The summed E-state index contributed by atoms with van der Waals surface area (Å²) in [4.78, 5) is 0. The van der Waals surface area contributed by atoms with E-state index in [-0.39, 0.29) is 10.8 Å². The normalized spacial score (nSPS) is 12.9. The van der Waals surface area contributed by atoms with Gasteiger partial charge < -0.3 is 19.0 Å². The quantitative estimate of drug-likeness (QED) is 0.251. The Hall–Kier alpha value is -3.92. The highest BCUT2D eigenvalue weighted by atomic mass is 16.3. The summed E-state index contributed by atoms with van der Waals surface area (Å²) in [7, 11) is 0. The number of phenolic OH excluding ortho intramolecular Hbond substituents is 2. The summed E-state index contributed by atoms with van der Waals surface area (Å²) < 4.78 is 12.5. The van der Waals surface area contributed by atoms with Crippen LogP contribution in [0.4, 0.5) is 0 Å². The molecule has 0 spiro atoms. The molecule has 0 saturated carbocycles. The molecular formula is C34H34O4. The number of para-hydroxylation sites is 2. The van der Waals surface area contributed by atoms with Gasteiger partial charge >= 0.3 is 0 Å². The smallest absolute Gasteiger partial charge is 0.136 e. The number of hydrogen-bond acceptors (Lipinski definition) is 4. The van der Waals surface area contributed by atoms with Crippen molar-refractivity contribution in [2.24, 2.45) is 0 Å². The van der Waals surface area contributed by atoms with Crippen LogP contribution in [0.1, 0.15) is 63.8 Å². The molecule has 2 aromatic heterocycles. The van der Waals surface area contributed by atoms with E-state index in [1.54, 1.807) is 0 Å². The molecule has 4 heteroatoms. The van der Waals surface area contributed by atoms with Gasteiger partial charge in [0.15, 0.2) is 0 Å². The Labute approximate surface area is 222 Å². The first-order valence-electron chi connectivity index (χ1n) is 13.3. The maximum Gasteiger partial charge on any atom is 0.136 e. The Kier molecular flexibility index (Phi) is 5.33. The van der Waals surface area contributed by atoms with Crippen LogP contribution in [0, 0.1) is 0 Å². The second-order valence-corrected chi connectivity index (χ2v) is 12.4. The molecule has 2 N–H and O–H groups in total. The molecule has 4 nitrogen and oxygen atoms in total. The van der Waals surface area contributed by atoms with Gasteiger partial charge in [-0.2, -0.15) is 0 Å². The molecule has 0 saturated heterocycles. The monoisotopic (exact) mass is 506 g/mol. The number of aryl methyl sites for hydroxylation is 2. The van der Waals surface area contributed by atoms with Gasteiger partial charge in [0.25, 0.3) is 0 Å². The molecule has 38 heavy (non-hydrogen) atoms. The molecule has 4 aromatic carbocycles. The van der Waals surface area contributed by atoms with Crippen molar-refractivity contribution in [2.75, 3.05) is 0 Å². The highest BCUT2D eigenvalue weighted by Crippen LogP contribution is 2.45. The second kappa shape index (κ2) is 8.29. The number of rotatable bonds is 3. The van der Waals surface area contributed by atoms with Gasteiger partial charge in [0.1, 0.15) is 33.8 Å². The Morgan fingerprint density at radius 3 is 1.29 bits per heavy atom. The van der Waals surface area contributed by atoms with Crippen molar-refractivity contribution in [3.05, 3.63) is 82.9 Å². The minimum absolute atomic E-state index is 0.270. The average molecular weight is 507 g/mol. The van der Waals surface area contributed by atoms with Crippen LogP contribution in [0.3, 0.4) is 0 Å². The van der Waals surface area contributed by atoms with E-state index in [1.807, 2.05) is 60.7 Å². The van der Waals surface area contributed by atoms with E-state index in [1.165, 1.54) is 0 Å². The second-order valence-electron chi connectivity index (χ2n) is 12.4. The SMILES string of the molecule is CC(C)(C)c1cc2oc3ccccc3c2c(CCc2c(O)c(C(C)(C)C)cc3oc4ccccc4c23)c1O. The number of fused-ring (bicyclic) bond motifs is 6. The molecule has 0 amide bonds. The molecular weight excluding hydrogens is 472 g/mol. The van der Waals surface area contributed by atoms with Crippen molar-refractivity contribution < 1.29 is 19.0 Å². The van der Waals surface area contributed by atoms with Crippen molar-refractivity contribution in [3.63, 3.8) is 0 Å². The topological polar surface area (TPSA) is 66.7 Å². The average Bonchev–Trinajstić information content (AvgIpc) is 3.40. The van der Waals surface area contributed by atoms with Crippen LogP contribution in [0.2, 0.25) is 0 Å². The van der Waals surface area contributed by atoms with Crippen molar-refractivity contribution in [1.82, 2.24) is 0 Å². The predicted molar refractivity (Wildman–Crippen MR) is 156 cm³/mol. The molecule has 0 radical (unpaired) electrons. The van der Waals surface area contributed by atoms with E-state index in [2.05, 4.69) is 41.5 Å². The Balaban J connectivity index is 1.60. The number of benzene rings is 4. The highest BCUT2D eigenvalue weighted by molar-refractivity contribution is 6.09. The van der Waals surface area contributed by atoms with Crippen LogP contribution >= 0.6 is 0 Å². The van der Waals surface area contributed by atoms with Crippen LogP contribution < -0.4 is 0 Å². The summed E-state index contributed by atoms with van der Waals surface area (Å²) in [5.41, 5.74) is 6.01. The van der Waals surface area contributed by atoms with Crippen LogP contribution in [0.25, 0.3) is 43.9 Å². The summed E-state index contributed by atoms with van der Waals surface area (Å²) in [5.74, 6) is 0.604. The standard InChI is InChI=1S/C34H34O4/c1-33(2,3)23-17-27-29(19-11-7-9-13-25(19)37-27)21(31(23)35)15-16-22-30-20-12-8-10-14-26(20)38-28(30)18-24(32(22)36)34(4,5)6/h7-14,17-18,35-36H,15-16H2,1-6H3. The largest absolute Gasteiger partial charge is 0.507 e. The molecule has 6 aromatic rings. The molecule has 2 heterocycles. The van der Waals surface area contributed by atoms with Crippen LogP contribution in [0.15, 0.2) is 69.5 Å². The van der Waals surface area contributed by atoms with E-state index in [4.69, 9.17) is 8.83 Å². The predicted octanol–water partition coefficient (Wildman–Crippen LogP) is 9.28. The number of furan rings is 2. The van der Waals surface area contributed by atoms with Crippen LogP contribution in [0.5, 0.6) is 11.5 Å². The molecule has 0 bridgehead atoms. The zero-order valence-corrected chi connectivity index (χ0v) is 22.9. The third-order valence-electron chi connectivity index (χ3n) is 7.72. The molecule has 0 atom stereocenters. The lowest BCUT2D eigenvalue weighted by atomic mass is 9.82. The Morgan fingerprint density at radius 2 is 0.921 bits per heavy atom. The lowest BCUT2D eigenvalue weighted by Gasteiger charge is -2.24.